The zero-order chi connectivity index (χ0) is 17.9. The number of hydrogen-bond donors (Lipinski definition) is 1. The number of carbonyl (C=O) groups is 1. The third-order valence-electron chi connectivity index (χ3n) is 4.32. The van der Waals surface area contributed by atoms with Crippen LogP contribution in [0.15, 0.2) is 41.3 Å². The standard InChI is InChI=1S/C18H22N2O3S2/c1-14-17(25(22,23)20-11-5-6-12-20)13-16(24-14)18(21)19-10-9-15-7-3-2-4-8-15/h2-4,7-8,13H,5-6,9-12H2,1H3,(H,19,21). The molecule has 0 atom stereocenters. The number of rotatable bonds is 6. The van der Waals surface area contributed by atoms with E-state index < -0.39 is 10.0 Å². The quantitative estimate of drug-likeness (QED) is 0.840. The zero-order valence-electron chi connectivity index (χ0n) is 14.2. The molecule has 1 fully saturated rings. The van der Waals surface area contributed by atoms with Crippen molar-refractivity contribution in [1.82, 2.24) is 9.62 Å². The molecule has 3 rings (SSSR count). The molecule has 2 aromatic rings. The lowest BCUT2D eigenvalue weighted by atomic mass is 10.1. The Labute approximate surface area is 152 Å². The first-order valence-electron chi connectivity index (χ1n) is 8.41. The second-order valence-electron chi connectivity index (χ2n) is 6.13. The molecule has 5 nitrogen and oxygen atoms in total. The first-order chi connectivity index (χ1) is 12.0. The molecule has 0 bridgehead atoms. The van der Waals surface area contributed by atoms with Gasteiger partial charge in [-0.3, -0.25) is 4.79 Å². The van der Waals surface area contributed by atoms with Gasteiger partial charge in [-0.25, -0.2) is 8.42 Å². The molecule has 1 amide bonds. The minimum absolute atomic E-state index is 0.216. The molecule has 1 saturated heterocycles. The maximum Gasteiger partial charge on any atom is 0.261 e. The van der Waals surface area contributed by atoms with Gasteiger partial charge >= 0.3 is 0 Å². The molecule has 0 saturated carbocycles. The van der Waals surface area contributed by atoms with E-state index in [1.807, 2.05) is 30.3 Å². The third kappa shape index (κ3) is 4.11. The van der Waals surface area contributed by atoms with Crippen LogP contribution in [0.4, 0.5) is 0 Å². The van der Waals surface area contributed by atoms with Gasteiger partial charge in [0.05, 0.1) is 9.77 Å². The highest BCUT2D eigenvalue weighted by molar-refractivity contribution is 7.89. The first-order valence-corrected chi connectivity index (χ1v) is 10.7. The van der Waals surface area contributed by atoms with Crippen molar-refractivity contribution in [1.29, 1.82) is 0 Å². The van der Waals surface area contributed by atoms with Crippen LogP contribution in [0.25, 0.3) is 0 Å². The molecule has 25 heavy (non-hydrogen) atoms. The van der Waals surface area contributed by atoms with Crippen molar-refractivity contribution in [3.63, 3.8) is 0 Å². The molecule has 0 spiro atoms. The molecule has 1 N–H and O–H groups in total. The van der Waals surface area contributed by atoms with E-state index in [2.05, 4.69) is 5.32 Å². The maximum atomic E-state index is 12.7. The normalized spacial score (nSPS) is 15.4. The lowest BCUT2D eigenvalue weighted by Crippen LogP contribution is -2.28. The third-order valence-corrected chi connectivity index (χ3v) is 7.52. The summed E-state index contributed by atoms with van der Waals surface area (Å²) in [7, 11) is -3.48. The molecule has 1 aromatic carbocycles. The predicted molar refractivity (Wildman–Crippen MR) is 99.5 cm³/mol. The fraction of sp³-hybridized carbons (Fsp3) is 0.389. The fourth-order valence-corrected chi connectivity index (χ4v) is 5.95. The van der Waals surface area contributed by atoms with E-state index in [1.54, 1.807) is 6.92 Å². The summed E-state index contributed by atoms with van der Waals surface area (Å²) in [5.74, 6) is -0.216. The van der Waals surface area contributed by atoms with E-state index in [0.717, 1.165) is 24.8 Å². The maximum absolute atomic E-state index is 12.7. The Kier molecular flexibility index (Phi) is 5.56. The van der Waals surface area contributed by atoms with Crippen LogP contribution in [0.3, 0.4) is 0 Å². The first kappa shape index (κ1) is 18.1. The van der Waals surface area contributed by atoms with Gasteiger partial charge in [-0.2, -0.15) is 4.31 Å². The van der Waals surface area contributed by atoms with Crippen LogP contribution < -0.4 is 5.32 Å². The minimum Gasteiger partial charge on any atom is -0.351 e. The van der Waals surface area contributed by atoms with Crippen molar-refractivity contribution >= 4 is 27.3 Å². The summed E-state index contributed by atoms with van der Waals surface area (Å²) >= 11 is 1.24. The van der Waals surface area contributed by atoms with Crippen LogP contribution >= 0.6 is 11.3 Å². The smallest absolute Gasteiger partial charge is 0.261 e. The SMILES string of the molecule is Cc1sc(C(=O)NCCc2ccccc2)cc1S(=O)(=O)N1CCCC1. The molecule has 0 radical (unpaired) electrons. The number of nitrogens with one attached hydrogen (secondary N) is 1. The average Bonchev–Trinajstić information content (AvgIpc) is 3.26. The Morgan fingerprint density at radius 1 is 1.20 bits per heavy atom. The molecule has 1 aromatic heterocycles. The van der Waals surface area contributed by atoms with Gasteiger partial charge in [0.15, 0.2) is 0 Å². The average molecular weight is 379 g/mol. The summed E-state index contributed by atoms with van der Waals surface area (Å²) in [6.07, 6.45) is 2.54. The van der Waals surface area contributed by atoms with Gasteiger partial charge in [-0.05, 0) is 37.8 Å². The van der Waals surface area contributed by atoms with E-state index in [-0.39, 0.29) is 10.8 Å². The zero-order valence-corrected chi connectivity index (χ0v) is 15.8. The minimum atomic E-state index is -3.48. The monoisotopic (exact) mass is 378 g/mol. The van der Waals surface area contributed by atoms with Crippen molar-refractivity contribution in [2.24, 2.45) is 0 Å². The van der Waals surface area contributed by atoms with Crippen molar-refractivity contribution in [3.8, 4) is 0 Å². The summed E-state index contributed by atoms with van der Waals surface area (Å²) in [5.41, 5.74) is 1.16. The second-order valence-corrected chi connectivity index (χ2v) is 9.30. The van der Waals surface area contributed by atoms with Crippen molar-refractivity contribution in [3.05, 3.63) is 51.7 Å². The number of aryl methyl sites for hydroxylation is 1. The van der Waals surface area contributed by atoms with Gasteiger partial charge in [0.25, 0.3) is 5.91 Å². The van der Waals surface area contributed by atoms with E-state index in [1.165, 1.54) is 21.7 Å². The molecule has 1 aliphatic heterocycles. The van der Waals surface area contributed by atoms with Gasteiger partial charge in [0.1, 0.15) is 0 Å². The Morgan fingerprint density at radius 2 is 1.88 bits per heavy atom. The molecular weight excluding hydrogens is 356 g/mol. The fourth-order valence-electron chi connectivity index (χ4n) is 2.95. The van der Waals surface area contributed by atoms with Crippen molar-refractivity contribution < 1.29 is 13.2 Å². The van der Waals surface area contributed by atoms with Crippen LogP contribution in [0.2, 0.25) is 0 Å². The molecule has 134 valence electrons. The summed E-state index contributed by atoms with van der Waals surface area (Å²) in [6.45, 7) is 3.41. The van der Waals surface area contributed by atoms with E-state index in [4.69, 9.17) is 0 Å². The number of benzene rings is 1. The van der Waals surface area contributed by atoms with Gasteiger partial charge in [0, 0.05) is 24.5 Å². The Morgan fingerprint density at radius 3 is 2.56 bits per heavy atom. The molecule has 1 aliphatic rings. The lowest BCUT2D eigenvalue weighted by molar-refractivity contribution is 0.0958. The van der Waals surface area contributed by atoms with Gasteiger partial charge in [0.2, 0.25) is 10.0 Å². The van der Waals surface area contributed by atoms with Crippen LogP contribution in [0.1, 0.15) is 33.0 Å². The molecule has 7 heteroatoms. The van der Waals surface area contributed by atoms with Crippen molar-refractivity contribution in [2.45, 2.75) is 31.1 Å². The molecule has 2 heterocycles. The largest absolute Gasteiger partial charge is 0.351 e. The van der Waals surface area contributed by atoms with Crippen LogP contribution in [0, 0.1) is 6.92 Å². The highest BCUT2D eigenvalue weighted by Crippen LogP contribution is 2.29. The van der Waals surface area contributed by atoms with E-state index in [0.29, 0.717) is 29.4 Å². The van der Waals surface area contributed by atoms with Gasteiger partial charge in [-0.15, -0.1) is 11.3 Å². The number of thiophene rings is 1. The number of nitrogens with zero attached hydrogens (tertiary/aromatic N) is 1. The van der Waals surface area contributed by atoms with Crippen LogP contribution in [0.5, 0.6) is 0 Å². The lowest BCUT2D eigenvalue weighted by Gasteiger charge is -2.14. The topological polar surface area (TPSA) is 66.5 Å². The van der Waals surface area contributed by atoms with E-state index >= 15 is 0 Å². The van der Waals surface area contributed by atoms with Crippen LogP contribution in [-0.2, 0) is 16.4 Å². The second kappa shape index (κ2) is 7.68. The summed E-state index contributed by atoms with van der Waals surface area (Å²) in [5, 5.41) is 2.87. The van der Waals surface area contributed by atoms with E-state index in [9.17, 15) is 13.2 Å². The molecular formula is C18H22N2O3S2. The Balaban J connectivity index is 1.66. The Bertz CT molecular complexity index is 838. The molecule has 0 unspecified atom stereocenters. The van der Waals surface area contributed by atoms with Gasteiger partial charge < -0.3 is 5.32 Å². The van der Waals surface area contributed by atoms with Crippen molar-refractivity contribution in [2.75, 3.05) is 19.6 Å². The van der Waals surface area contributed by atoms with Crippen LogP contribution in [-0.4, -0.2) is 38.3 Å². The summed E-state index contributed by atoms with van der Waals surface area (Å²) < 4.78 is 26.9. The number of hydrogen-bond acceptors (Lipinski definition) is 4. The highest BCUT2D eigenvalue weighted by Gasteiger charge is 2.30. The molecule has 0 aliphatic carbocycles. The number of amides is 1. The highest BCUT2D eigenvalue weighted by atomic mass is 32.2. The summed E-state index contributed by atoms with van der Waals surface area (Å²) in [4.78, 5) is 13.7. The number of sulfonamides is 1. The van der Waals surface area contributed by atoms with Gasteiger partial charge in [-0.1, -0.05) is 30.3 Å². The predicted octanol–water partition coefficient (Wildman–Crippen LogP) is 2.81. The number of carbonyl (C=O) groups excluding carboxylic acids is 1. The summed E-state index contributed by atoms with van der Waals surface area (Å²) in [6, 6.07) is 11.4. The Hall–Kier alpha value is -1.70.